The lowest BCUT2D eigenvalue weighted by molar-refractivity contribution is 0.0519. The van der Waals surface area contributed by atoms with Crippen LogP contribution in [0.15, 0.2) is 6.07 Å². The highest BCUT2D eigenvalue weighted by molar-refractivity contribution is 5.87. The Morgan fingerprint density at radius 2 is 2.54 bits per heavy atom. The molecule has 1 saturated carbocycles. The molecule has 0 amide bonds. The van der Waals surface area contributed by atoms with Crippen molar-refractivity contribution >= 4 is 5.97 Å². The lowest BCUT2D eigenvalue weighted by Gasteiger charge is -1.95. The van der Waals surface area contributed by atoms with Crippen LogP contribution >= 0.6 is 0 Å². The maximum absolute atomic E-state index is 11.2. The molecule has 1 fully saturated rings. The third-order valence-corrected chi connectivity index (χ3v) is 2.09. The predicted molar refractivity (Wildman–Crippen MR) is 46.5 cm³/mol. The minimum absolute atomic E-state index is 0.318. The molecular formula is C9H12N2O2. The molecule has 0 aliphatic heterocycles. The zero-order valence-electron chi connectivity index (χ0n) is 7.54. The van der Waals surface area contributed by atoms with E-state index in [2.05, 4.69) is 10.2 Å². The smallest absolute Gasteiger partial charge is 0.356 e. The first kappa shape index (κ1) is 8.29. The van der Waals surface area contributed by atoms with Gasteiger partial charge in [0.15, 0.2) is 0 Å². The summed E-state index contributed by atoms with van der Waals surface area (Å²) in [5.74, 6) is 0.251. The Morgan fingerprint density at radius 1 is 1.77 bits per heavy atom. The molecule has 0 radical (unpaired) electrons. The lowest BCUT2D eigenvalue weighted by Crippen LogP contribution is -2.04. The van der Waals surface area contributed by atoms with Gasteiger partial charge in [0, 0.05) is 5.92 Å². The van der Waals surface area contributed by atoms with Crippen LogP contribution in [0.1, 0.15) is 41.9 Å². The second kappa shape index (κ2) is 3.20. The molecule has 1 aromatic heterocycles. The molecule has 2 rings (SSSR count). The first-order chi connectivity index (χ1) is 6.31. The monoisotopic (exact) mass is 180 g/mol. The van der Waals surface area contributed by atoms with Gasteiger partial charge in [-0.15, -0.1) is 0 Å². The van der Waals surface area contributed by atoms with Gasteiger partial charge in [0.2, 0.25) is 0 Å². The summed E-state index contributed by atoms with van der Waals surface area (Å²) in [6, 6.07) is 1.79. The van der Waals surface area contributed by atoms with Crippen molar-refractivity contribution in [3.63, 3.8) is 0 Å². The number of aromatic nitrogens is 2. The summed E-state index contributed by atoms with van der Waals surface area (Å²) in [6.07, 6.45) is 2.38. The first-order valence-electron chi connectivity index (χ1n) is 4.53. The maximum Gasteiger partial charge on any atom is 0.356 e. The molecule has 0 atom stereocenters. The number of aromatic amines is 1. The van der Waals surface area contributed by atoms with Gasteiger partial charge in [-0.2, -0.15) is 5.10 Å². The molecule has 4 nitrogen and oxygen atoms in total. The van der Waals surface area contributed by atoms with Crippen molar-refractivity contribution in [1.82, 2.24) is 10.2 Å². The quantitative estimate of drug-likeness (QED) is 0.716. The normalized spacial score (nSPS) is 15.8. The van der Waals surface area contributed by atoms with E-state index in [1.54, 1.807) is 13.0 Å². The van der Waals surface area contributed by atoms with E-state index in [-0.39, 0.29) is 5.97 Å². The fourth-order valence-corrected chi connectivity index (χ4v) is 1.24. The molecular weight excluding hydrogens is 168 g/mol. The summed E-state index contributed by atoms with van der Waals surface area (Å²) in [5.41, 5.74) is 1.45. The number of nitrogens with one attached hydrogen (secondary N) is 1. The maximum atomic E-state index is 11.2. The molecule has 1 aromatic rings. The van der Waals surface area contributed by atoms with E-state index in [0.29, 0.717) is 18.2 Å². The molecule has 1 aliphatic rings. The Morgan fingerprint density at radius 3 is 3.15 bits per heavy atom. The summed E-state index contributed by atoms with van der Waals surface area (Å²) >= 11 is 0. The molecule has 1 N–H and O–H groups in total. The van der Waals surface area contributed by atoms with E-state index < -0.39 is 0 Å². The second-order valence-corrected chi connectivity index (χ2v) is 3.20. The van der Waals surface area contributed by atoms with Crippen LogP contribution < -0.4 is 0 Å². The minimum Gasteiger partial charge on any atom is -0.461 e. The Labute approximate surface area is 76.3 Å². The molecule has 70 valence electrons. The van der Waals surface area contributed by atoms with Gasteiger partial charge in [-0.05, 0) is 25.8 Å². The highest BCUT2D eigenvalue weighted by atomic mass is 16.5. The third kappa shape index (κ3) is 1.71. The van der Waals surface area contributed by atoms with Crippen LogP contribution in [-0.4, -0.2) is 22.8 Å². The molecule has 1 aliphatic carbocycles. The highest BCUT2D eigenvalue weighted by Crippen LogP contribution is 2.38. The van der Waals surface area contributed by atoms with Crippen LogP contribution in [0.25, 0.3) is 0 Å². The number of H-pyrrole nitrogens is 1. The third-order valence-electron chi connectivity index (χ3n) is 2.09. The predicted octanol–water partition coefficient (Wildman–Crippen LogP) is 1.46. The number of ether oxygens (including phenoxy) is 1. The largest absolute Gasteiger partial charge is 0.461 e. The van der Waals surface area contributed by atoms with E-state index in [1.807, 2.05) is 0 Å². The Kier molecular flexibility index (Phi) is 2.04. The van der Waals surface area contributed by atoms with Gasteiger partial charge in [0.25, 0.3) is 0 Å². The number of esters is 1. The zero-order valence-corrected chi connectivity index (χ0v) is 7.54. The van der Waals surface area contributed by atoms with E-state index in [1.165, 1.54) is 12.8 Å². The van der Waals surface area contributed by atoms with Crippen LogP contribution in [0.2, 0.25) is 0 Å². The first-order valence-corrected chi connectivity index (χ1v) is 4.53. The van der Waals surface area contributed by atoms with Gasteiger partial charge in [0.05, 0.1) is 12.3 Å². The number of hydrogen-bond acceptors (Lipinski definition) is 3. The van der Waals surface area contributed by atoms with Gasteiger partial charge in [-0.25, -0.2) is 4.79 Å². The summed E-state index contributed by atoms with van der Waals surface area (Å²) in [4.78, 5) is 11.2. The molecule has 0 spiro atoms. The molecule has 13 heavy (non-hydrogen) atoms. The Hall–Kier alpha value is -1.32. The number of carbonyl (C=O) groups excluding carboxylic acids is 1. The van der Waals surface area contributed by atoms with E-state index in [4.69, 9.17) is 4.74 Å². The van der Waals surface area contributed by atoms with Crippen molar-refractivity contribution in [3.05, 3.63) is 17.5 Å². The summed E-state index contributed by atoms with van der Waals surface area (Å²) in [7, 11) is 0. The summed E-state index contributed by atoms with van der Waals surface area (Å²) < 4.78 is 4.83. The van der Waals surface area contributed by atoms with Crippen LogP contribution in [0.5, 0.6) is 0 Å². The van der Waals surface area contributed by atoms with E-state index in [9.17, 15) is 4.79 Å². The van der Waals surface area contributed by atoms with Crippen molar-refractivity contribution in [2.24, 2.45) is 0 Å². The van der Waals surface area contributed by atoms with Crippen LogP contribution in [0, 0.1) is 0 Å². The zero-order chi connectivity index (χ0) is 9.26. The molecule has 0 bridgehead atoms. The Bertz CT molecular complexity index is 315. The topological polar surface area (TPSA) is 55.0 Å². The molecule has 0 unspecified atom stereocenters. The number of nitrogens with zero attached hydrogens (tertiary/aromatic N) is 1. The second-order valence-electron chi connectivity index (χ2n) is 3.20. The van der Waals surface area contributed by atoms with E-state index >= 15 is 0 Å². The van der Waals surface area contributed by atoms with Crippen LogP contribution in [0.4, 0.5) is 0 Å². The van der Waals surface area contributed by atoms with Gasteiger partial charge in [0.1, 0.15) is 5.69 Å². The minimum atomic E-state index is -0.318. The lowest BCUT2D eigenvalue weighted by atomic mass is 10.3. The number of hydrogen-bond donors (Lipinski definition) is 1. The van der Waals surface area contributed by atoms with Crippen molar-refractivity contribution < 1.29 is 9.53 Å². The number of carbonyl (C=O) groups is 1. The SMILES string of the molecule is CCOC(=O)c1cc(C2CC2)n[nH]1. The molecule has 0 aromatic carbocycles. The van der Waals surface area contributed by atoms with Crippen molar-refractivity contribution in [1.29, 1.82) is 0 Å². The average molecular weight is 180 g/mol. The van der Waals surface area contributed by atoms with Gasteiger partial charge in [-0.1, -0.05) is 0 Å². The molecule has 0 saturated heterocycles. The van der Waals surface area contributed by atoms with Gasteiger partial charge < -0.3 is 4.74 Å². The molecule has 4 heteroatoms. The Balaban J connectivity index is 2.07. The average Bonchev–Trinajstić information content (AvgIpc) is 2.84. The van der Waals surface area contributed by atoms with Gasteiger partial charge in [-0.3, -0.25) is 5.10 Å². The number of rotatable bonds is 3. The van der Waals surface area contributed by atoms with Gasteiger partial charge >= 0.3 is 5.97 Å². The highest BCUT2D eigenvalue weighted by Gasteiger charge is 2.27. The van der Waals surface area contributed by atoms with Crippen molar-refractivity contribution in [2.75, 3.05) is 6.61 Å². The summed E-state index contributed by atoms with van der Waals surface area (Å²) in [6.45, 7) is 2.19. The van der Waals surface area contributed by atoms with Crippen LogP contribution in [0.3, 0.4) is 0 Å². The standard InChI is InChI=1S/C9H12N2O2/c1-2-13-9(12)8-5-7(10-11-8)6-3-4-6/h5-6H,2-4H2,1H3,(H,10,11). The van der Waals surface area contributed by atoms with Crippen molar-refractivity contribution in [3.8, 4) is 0 Å². The summed E-state index contributed by atoms with van der Waals surface area (Å²) in [5, 5.41) is 6.74. The molecule has 1 heterocycles. The van der Waals surface area contributed by atoms with Crippen molar-refractivity contribution in [2.45, 2.75) is 25.7 Å². The van der Waals surface area contributed by atoms with E-state index in [0.717, 1.165) is 5.69 Å². The van der Waals surface area contributed by atoms with Crippen LogP contribution in [-0.2, 0) is 4.74 Å². The fourth-order valence-electron chi connectivity index (χ4n) is 1.24. The fraction of sp³-hybridized carbons (Fsp3) is 0.556.